The Kier molecular flexibility index (Phi) is 6.29. The molecule has 0 atom stereocenters. The molecule has 0 aromatic rings. The maximum atomic E-state index is 9.21. The molecule has 0 bridgehead atoms. The van der Waals surface area contributed by atoms with Gasteiger partial charge in [0.2, 0.25) is 0 Å². The van der Waals surface area contributed by atoms with Gasteiger partial charge in [0.25, 0.3) is 0 Å². The predicted molar refractivity (Wildman–Crippen MR) is 25.4 cm³/mol. The Morgan fingerprint density at radius 3 is 1.71 bits per heavy atom. The minimum absolute atomic E-state index is 0. The van der Waals surface area contributed by atoms with E-state index in [-0.39, 0.29) is 37.7 Å². The number of nitrogens with two attached hydrogens (primary N) is 1. The summed E-state index contributed by atoms with van der Waals surface area (Å²) in [5.74, 6) is 3.97. The molecule has 0 saturated heterocycles. The number of hydrogen-bond donors (Lipinski definition) is 2. The molecule has 0 fully saturated rings. The summed E-state index contributed by atoms with van der Waals surface area (Å²) in [6.07, 6.45) is 0. The third-order valence-electron chi connectivity index (χ3n) is 0.122. The summed E-state index contributed by atoms with van der Waals surface area (Å²) >= 11 is 0. The average molecular weight is 155 g/mol. The van der Waals surface area contributed by atoms with Crippen LogP contribution in [0.25, 0.3) is 0 Å². The zero-order valence-electron chi connectivity index (χ0n) is 2.66. The second-order valence-corrected chi connectivity index (χ2v) is 1.57. The van der Waals surface area contributed by atoms with Gasteiger partial charge in [-0.3, -0.25) is 4.55 Å². The van der Waals surface area contributed by atoms with Gasteiger partial charge < -0.3 is 0 Å². The van der Waals surface area contributed by atoms with Crippen molar-refractivity contribution < 1.29 is 17.3 Å². The Labute approximate surface area is 70.7 Å². The minimum atomic E-state index is -4.38. The molecule has 0 unspecified atom stereocenters. The monoisotopic (exact) mass is 155 g/mol. The molecule has 0 radical (unpaired) electrons. The van der Waals surface area contributed by atoms with Crippen molar-refractivity contribution in [3.8, 4) is 0 Å². The SMILES string of the molecule is NOS(=O)(=O)O.[CaH2]. The maximum absolute atomic E-state index is 9.21. The molecule has 0 amide bonds. The third-order valence-corrected chi connectivity index (χ3v) is 0.365. The molecule has 0 aromatic carbocycles. The molecule has 0 aliphatic rings. The van der Waals surface area contributed by atoms with Crippen molar-refractivity contribution in [2.75, 3.05) is 0 Å². The van der Waals surface area contributed by atoms with Crippen molar-refractivity contribution in [1.82, 2.24) is 0 Å². The first-order valence-electron chi connectivity index (χ1n) is 0.918. The van der Waals surface area contributed by atoms with Crippen molar-refractivity contribution in [2.45, 2.75) is 0 Å². The Morgan fingerprint density at radius 1 is 1.57 bits per heavy atom. The second-order valence-electron chi connectivity index (χ2n) is 0.524. The van der Waals surface area contributed by atoms with E-state index in [9.17, 15) is 8.42 Å². The van der Waals surface area contributed by atoms with E-state index in [0.29, 0.717) is 0 Å². The van der Waals surface area contributed by atoms with Crippen molar-refractivity contribution >= 4 is 48.1 Å². The average Bonchev–Trinajstić information content (AvgIpc) is 1.35. The first kappa shape index (κ1) is 11.0. The van der Waals surface area contributed by atoms with Crippen LogP contribution in [0.5, 0.6) is 0 Å². The van der Waals surface area contributed by atoms with Crippen LogP contribution in [-0.2, 0) is 14.7 Å². The summed E-state index contributed by atoms with van der Waals surface area (Å²) < 4.78 is 28.8. The van der Waals surface area contributed by atoms with Crippen LogP contribution in [0.15, 0.2) is 0 Å². The van der Waals surface area contributed by atoms with Gasteiger partial charge in [-0.2, -0.15) is 18.6 Å². The number of hydrogen-bond acceptors (Lipinski definition) is 4. The van der Waals surface area contributed by atoms with Crippen molar-refractivity contribution in [3.05, 3.63) is 0 Å². The normalized spacial score (nSPS) is 10.0. The van der Waals surface area contributed by atoms with Crippen LogP contribution >= 0.6 is 0 Å². The van der Waals surface area contributed by atoms with E-state index in [1.54, 1.807) is 0 Å². The van der Waals surface area contributed by atoms with Gasteiger partial charge in [-0.05, 0) is 0 Å². The summed E-state index contributed by atoms with van der Waals surface area (Å²) in [6.45, 7) is 0. The first-order chi connectivity index (χ1) is 2.56. The van der Waals surface area contributed by atoms with Gasteiger partial charge in [-0.15, -0.1) is 0 Å². The summed E-state index contributed by atoms with van der Waals surface area (Å²) in [7, 11) is -4.38. The van der Waals surface area contributed by atoms with E-state index in [0.717, 1.165) is 0 Å². The topological polar surface area (TPSA) is 89.6 Å². The van der Waals surface area contributed by atoms with E-state index in [1.165, 1.54) is 0 Å². The fraction of sp³-hybridized carbons (Fsp3) is 0. The third kappa shape index (κ3) is 11.0. The fourth-order valence-electron chi connectivity index (χ4n) is 0. The van der Waals surface area contributed by atoms with Crippen molar-refractivity contribution in [1.29, 1.82) is 0 Å². The molecule has 0 heterocycles. The molecule has 0 aromatic heterocycles. The standard InChI is InChI=1S/Ca.H3NO4S.2H/c;1-5-6(2,3)4;;/h;1H2,(H,2,3,4);;. The van der Waals surface area contributed by atoms with Crippen LogP contribution in [0.1, 0.15) is 0 Å². The van der Waals surface area contributed by atoms with Crippen LogP contribution < -0.4 is 5.90 Å². The molecule has 5 nitrogen and oxygen atoms in total. The zero-order valence-corrected chi connectivity index (χ0v) is 3.47. The molecule has 0 rings (SSSR count). The molecule has 0 spiro atoms. The van der Waals surface area contributed by atoms with E-state index in [1.807, 2.05) is 0 Å². The molecule has 7 heavy (non-hydrogen) atoms. The molecule has 42 valence electrons. The van der Waals surface area contributed by atoms with Crippen LogP contribution in [0, 0.1) is 0 Å². The van der Waals surface area contributed by atoms with E-state index < -0.39 is 10.4 Å². The quantitative estimate of drug-likeness (QED) is 0.254. The summed E-state index contributed by atoms with van der Waals surface area (Å²) in [5, 5.41) is 0. The molecular formula is H5CaNO4S. The van der Waals surface area contributed by atoms with Gasteiger partial charge in [-0.25, -0.2) is 0 Å². The van der Waals surface area contributed by atoms with Crippen molar-refractivity contribution in [3.63, 3.8) is 0 Å². The van der Waals surface area contributed by atoms with E-state index in [2.05, 4.69) is 10.2 Å². The van der Waals surface area contributed by atoms with E-state index in [4.69, 9.17) is 4.55 Å². The summed E-state index contributed by atoms with van der Waals surface area (Å²) in [5.41, 5.74) is 0. The summed E-state index contributed by atoms with van der Waals surface area (Å²) in [6, 6.07) is 0. The van der Waals surface area contributed by atoms with Crippen LogP contribution in [0.3, 0.4) is 0 Å². The van der Waals surface area contributed by atoms with Gasteiger partial charge >= 0.3 is 48.1 Å². The number of rotatable bonds is 1. The zero-order chi connectivity index (χ0) is 5.21. The molecule has 0 aliphatic heterocycles. The molecule has 7 heteroatoms. The van der Waals surface area contributed by atoms with Gasteiger partial charge in [-0.1, -0.05) is 0 Å². The molecule has 0 saturated carbocycles. The van der Waals surface area contributed by atoms with E-state index >= 15 is 0 Å². The Morgan fingerprint density at radius 2 is 1.71 bits per heavy atom. The van der Waals surface area contributed by atoms with Crippen LogP contribution in [-0.4, -0.2) is 50.7 Å². The Bertz CT molecular complexity index is 114. The summed E-state index contributed by atoms with van der Waals surface area (Å²) in [4.78, 5) is 0. The van der Waals surface area contributed by atoms with Crippen LogP contribution in [0.4, 0.5) is 0 Å². The van der Waals surface area contributed by atoms with Gasteiger partial charge in [0, 0.05) is 0 Å². The molecular weight excluding hydrogens is 150 g/mol. The fourth-order valence-corrected chi connectivity index (χ4v) is 0. The van der Waals surface area contributed by atoms with Gasteiger partial charge in [0.05, 0.1) is 0 Å². The van der Waals surface area contributed by atoms with Crippen molar-refractivity contribution in [2.24, 2.45) is 5.90 Å². The van der Waals surface area contributed by atoms with Gasteiger partial charge in [0.1, 0.15) is 0 Å². The predicted octanol–water partition coefficient (Wildman–Crippen LogP) is -2.24. The Balaban J connectivity index is 0. The second kappa shape index (κ2) is 4.02. The van der Waals surface area contributed by atoms with Gasteiger partial charge in [0.15, 0.2) is 0 Å². The van der Waals surface area contributed by atoms with Crippen LogP contribution in [0.2, 0.25) is 0 Å². The molecule has 3 N–H and O–H groups in total. The molecule has 0 aliphatic carbocycles. The first-order valence-corrected chi connectivity index (χ1v) is 2.28. The Hall–Kier alpha value is 1.09.